The SMILES string of the molecule is COC(=O)c1sc(-c2ccccc2)cc1N(C(=O)C1CCC(C)CC1)C1CCOCC1. The molecule has 1 aliphatic heterocycles. The maximum Gasteiger partial charge on any atom is 0.350 e. The zero-order valence-electron chi connectivity index (χ0n) is 18.3. The second kappa shape index (κ2) is 9.96. The zero-order chi connectivity index (χ0) is 21.8. The molecule has 2 aliphatic rings. The van der Waals surface area contributed by atoms with Crippen molar-refractivity contribution in [3.63, 3.8) is 0 Å². The number of carbonyl (C=O) groups is 2. The smallest absolute Gasteiger partial charge is 0.350 e. The van der Waals surface area contributed by atoms with Crippen molar-refractivity contribution < 1.29 is 19.1 Å². The molecule has 1 amide bonds. The van der Waals surface area contributed by atoms with Gasteiger partial charge >= 0.3 is 5.97 Å². The number of ether oxygens (including phenoxy) is 2. The number of esters is 1. The molecule has 0 spiro atoms. The van der Waals surface area contributed by atoms with E-state index in [1.54, 1.807) is 0 Å². The second-order valence-electron chi connectivity index (χ2n) is 8.69. The summed E-state index contributed by atoms with van der Waals surface area (Å²) in [7, 11) is 1.40. The van der Waals surface area contributed by atoms with Gasteiger partial charge in [-0.2, -0.15) is 0 Å². The van der Waals surface area contributed by atoms with Gasteiger partial charge in [-0.3, -0.25) is 4.79 Å². The highest BCUT2D eigenvalue weighted by Crippen LogP contribution is 2.41. The Morgan fingerprint density at radius 2 is 1.71 bits per heavy atom. The lowest BCUT2D eigenvalue weighted by molar-refractivity contribution is -0.124. The first kappa shape index (κ1) is 22.0. The van der Waals surface area contributed by atoms with Crippen molar-refractivity contribution >= 4 is 28.9 Å². The second-order valence-corrected chi connectivity index (χ2v) is 9.74. The van der Waals surface area contributed by atoms with Gasteiger partial charge in [0.05, 0.1) is 12.8 Å². The van der Waals surface area contributed by atoms with E-state index in [4.69, 9.17) is 9.47 Å². The van der Waals surface area contributed by atoms with Gasteiger partial charge in [-0.1, -0.05) is 37.3 Å². The molecule has 166 valence electrons. The van der Waals surface area contributed by atoms with Crippen LogP contribution in [0.25, 0.3) is 10.4 Å². The normalized spacial score (nSPS) is 22.1. The Balaban J connectivity index is 1.75. The average Bonchev–Trinajstić information content (AvgIpc) is 3.25. The molecule has 4 rings (SSSR count). The van der Waals surface area contributed by atoms with Crippen molar-refractivity contribution in [1.29, 1.82) is 0 Å². The third kappa shape index (κ3) is 4.85. The number of methoxy groups -OCH3 is 1. The molecule has 0 atom stereocenters. The van der Waals surface area contributed by atoms with Gasteiger partial charge in [0.15, 0.2) is 0 Å². The molecule has 5 nitrogen and oxygen atoms in total. The predicted octanol–water partition coefficient (Wildman–Crippen LogP) is 5.54. The summed E-state index contributed by atoms with van der Waals surface area (Å²) < 4.78 is 10.7. The fourth-order valence-electron chi connectivity index (χ4n) is 4.69. The van der Waals surface area contributed by atoms with E-state index >= 15 is 0 Å². The minimum absolute atomic E-state index is 0.0182. The summed E-state index contributed by atoms with van der Waals surface area (Å²) in [5, 5.41) is 0. The molecule has 2 fully saturated rings. The number of amides is 1. The third-order valence-corrected chi connectivity index (χ3v) is 7.71. The van der Waals surface area contributed by atoms with Crippen LogP contribution < -0.4 is 4.90 Å². The molecule has 31 heavy (non-hydrogen) atoms. The van der Waals surface area contributed by atoms with Gasteiger partial charge in [-0.05, 0) is 56.1 Å². The summed E-state index contributed by atoms with van der Waals surface area (Å²) in [4.78, 5) is 30.0. The largest absolute Gasteiger partial charge is 0.465 e. The van der Waals surface area contributed by atoms with Crippen LogP contribution in [0, 0.1) is 11.8 Å². The number of hydrogen-bond donors (Lipinski definition) is 0. The van der Waals surface area contributed by atoms with Crippen molar-refractivity contribution in [2.45, 2.75) is 51.5 Å². The molecule has 0 bridgehead atoms. The first-order valence-electron chi connectivity index (χ1n) is 11.3. The van der Waals surface area contributed by atoms with E-state index in [0.29, 0.717) is 29.7 Å². The van der Waals surface area contributed by atoms with Crippen LogP contribution in [0.3, 0.4) is 0 Å². The maximum absolute atomic E-state index is 13.9. The van der Waals surface area contributed by atoms with Crippen molar-refractivity contribution in [2.75, 3.05) is 25.2 Å². The monoisotopic (exact) mass is 441 g/mol. The topological polar surface area (TPSA) is 55.8 Å². The number of rotatable bonds is 5. The molecule has 2 aromatic rings. The molecule has 1 aliphatic carbocycles. The Hall–Kier alpha value is -2.18. The van der Waals surface area contributed by atoms with Crippen LogP contribution in [-0.4, -0.2) is 38.2 Å². The Morgan fingerprint density at radius 3 is 2.35 bits per heavy atom. The van der Waals surface area contributed by atoms with Crippen LogP contribution in [0.4, 0.5) is 5.69 Å². The average molecular weight is 442 g/mol. The summed E-state index contributed by atoms with van der Waals surface area (Å²) in [5.41, 5.74) is 1.74. The van der Waals surface area contributed by atoms with Gasteiger partial charge in [0.1, 0.15) is 4.88 Å². The molecule has 0 unspecified atom stereocenters. The van der Waals surface area contributed by atoms with Crippen molar-refractivity contribution in [1.82, 2.24) is 0 Å². The van der Waals surface area contributed by atoms with Gasteiger partial charge in [0.2, 0.25) is 5.91 Å². The highest BCUT2D eigenvalue weighted by Gasteiger charge is 2.36. The quantitative estimate of drug-likeness (QED) is 0.572. The molecule has 1 saturated carbocycles. The Morgan fingerprint density at radius 1 is 1.03 bits per heavy atom. The Kier molecular flexibility index (Phi) is 7.08. The zero-order valence-corrected chi connectivity index (χ0v) is 19.2. The van der Waals surface area contributed by atoms with E-state index in [9.17, 15) is 9.59 Å². The lowest BCUT2D eigenvalue weighted by Gasteiger charge is -2.38. The summed E-state index contributed by atoms with van der Waals surface area (Å²) in [5.74, 6) is 0.465. The van der Waals surface area contributed by atoms with E-state index in [0.717, 1.165) is 49.0 Å². The lowest BCUT2D eigenvalue weighted by Crippen LogP contribution is -2.47. The van der Waals surface area contributed by atoms with Gasteiger partial charge in [-0.15, -0.1) is 11.3 Å². The van der Waals surface area contributed by atoms with E-state index < -0.39 is 0 Å². The van der Waals surface area contributed by atoms with Crippen LogP contribution in [0.1, 0.15) is 55.1 Å². The summed E-state index contributed by atoms with van der Waals surface area (Å²) in [6.07, 6.45) is 5.57. The fraction of sp³-hybridized carbons (Fsp3) is 0.520. The molecular formula is C25H31NO4S. The molecule has 0 N–H and O–H groups in total. The minimum atomic E-state index is -0.385. The van der Waals surface area contributed by atoms with Crippen LogP contribution in [0.2, 0.25) is 0 Å². The van der Waals surface area contributed by atoms with Crippen LogP contribution in [-0.2, 0) is 14.3 Å². The molecule has 1 saturated heterocycles. The number of thiophene rings is 1. The molecule has 1 aromatic heterocycles. The van der Waals surface area contributed by atoms with E-state index in [1.807, 2.05) is 41.3 Å². The van der Waals surface area contributed by atoms with Gasteiger partial charge < -0.3 is 14.4 Å². The summed E-state index contributed by atoms with van der Waals surface area (Å²) in [6.45, 7) is 3.54. The van der Waals surface area contributed by atoms with Gasteiger partial charge in [0.25, 0.3) is 0 Å². The van der Waals surface area contributed by atoms with Crippen molar-refractivity contribution in [3.05, 3.63) is 41.3 Å². The number of anilines is 1. The standard InChI is InChI=1S/C25H31NO4S/c1-17-8-10-19(11-9-17)24(27)26(20-12-14-30-15-13-20)21-16-22(18-6-4-3-5-7-18)31-23(21)25(28)29-2/h3-7,16-17,19-20H,8-15H2,1-2H3. The fourth-order valence-corrected chi connectivity index (χ4v) is 5.76. The lowest BCUT2D eigenvalue weighted by atomic mass is 9.82. The molecule has 1 aromatic carbocycles. The number of hydrogen-bond acceptors (Lipinski definition) is 5. The van der Waals surface area contributed by atoms with Crippen molar-refractivity contribution in [2.24, 2.45) is 11.8 Å². The number of benzene rings is 1. The van der Waals surface area contributed by atoms with E-state index in [-0.39, 0.29) is 23.8 Å². The maximum atomic E-state index is 13.9. The third-order valence-electron chi connectivity index (χ3n) is 6.56. The first-order chi connectivity index (χ1) is 15.1. The predicted molar refractivity (Wildman–Crippen MR) is 124 cm³/mol. The molecule has 2 heterocycles. The minimum Gasteiger partial charge on any atom is -0.465 e. The Bertz CT molecular complexity index is 896. The highest BCUT2D eigenvalue weighted by atomic mass is 32.1. The summed E-state index contributed by atoms with van der Waals surface area (Å²) >= 11 is 1.40. The van der Waals surface area contributed by atoms with Crippen LogP contribution >= 0.6 is 11.3 Å². The number of nitrogens with zero attached hydrogens (tertiary/aromatic N) is 1. The van der Waals surface area contributed by atoms with Gasteiger partial charge in [-0.25, -0.2) is 4.79 Å². The van der Waals surface area contributed by atoms with E-state index in [2.05, 4.69) is 6.92 Å². The van der Waals surface area contributed by atoms with Crippen LogP contribution in [0.15, 0.2) is 36.4 Å². The number of carbonyl (C=O) groups excluding carboxylic acids is 2. The first-order valence-corrected chi connectivity index (χ1v) is 12.1. The van der Waals surface area contributed by atoms with Crippen molar-refractivity contribution in [3.8, 4) is 10.4 Å². The molecule has 6 heteroatoms. The Labute approximate surface area is 188 Å². The summed E-state index contributed by atoms with van der Waals surface area (Å²) in [6, 6.07) is 12.0. The van der Waals surface area contributed by atoms with Gasteiger partial charge in [0, 0.05) is 30.1 Å². The van der Waals surface area contributed by atoms with Crippen LogP contribution in [0.5, 0.6) is 0 Å². The highest BCUT2D eigenvalue weighted by molar-refractivity contribution is 7.18. The van der Waals surface area contributed by atoms with E-state index in [1.165, 1.54) is 18.4 Å². The molecule has 0 radical (unpaired) electrons. The molecular weight excluding hydrogens is 410 g/mol.